The Morgan fingerprint density at radius 2 is 1.61 bits per heavy atom. The van der Waals surface area contributed by atoms with E-state index in [4.69, 9.17) is 4.99 Å². The molecular weight excluding hydrogens is 350 g/mol. The molecule has 0 aliphatic heterocycles. The van der Waals surface area contributed by atoms with Crippen molar-refractivity contribution in [3.8, 4) is 0 Å². The number of carbonyl (C=O) groups is 1. The van der Waals surface area contributed by atoms with E-state index in [0.717, 1.165) is 25.6 Å². The zero-order valence-electron chi connectivity index (χ0n) is 18.5. The Morgan fingerprint density at radius 1 is 1.00 bits per heavy atom. The maximum Gasteiger partial charge on any atom is 0.225 e. The highest BCUT2D eigenvalue weighted by Crippen LogP contribution is 2.20. The van der Waals surface area contributed by atoms with Gasteiger partial charge in [-0.25, -0.2) is 0 Å². The first-order chi connectivity index (χ1) is 13.3. The number of carbonyl (C=O) groups excluding carboxylic acids is 1. The van der Waals surface area contributed by atoms with E-state index in [0.29, 0.717) is 19.6 Å². The molecule has 0 aromatic heterocycles. The summed E-state index contributed by atoms with van der Waals surface area (Å²) in [5, 5.41) is 9.56. The van der Waals surface area contributed by atoms with Crippen LogP contribution in [0.3, 0.4) is 0 Å². The summed E-state index contributed by atoms with van der Waals surface area (Å²) in [5.74, 6) is 0.836. The monoisotopic (exact) mass is 389 g/mol. The van der Waals surface area contributed by atoms with Crippen LogP contribution in [-0.2, 0) is 4.79 Å². The molecule has 1 aromatic carbocycles. The number of hydrogen-bond acceptors (Lipinski definition) is 3. The summed E-state index contributed by atoms with van der Waals surface area (Å²) < 4.78 is 0. The predicted octanol–water partition coefficient (Wildman–Crippen LogP) is 2.79. The molecular formula is C22H39N5O. The fourth-order valence-electron chi connectivity index (χ4n) is 2.91. The Morgan fingerprint density at radius 3 is 2.14 bits per heavy atom. The minimum absolute atomic E-state index is 0.0573. The number of nitrogens with one attached hydrogen (secondary N) is 3. The number of benzene rings is 1. The molecule has 0 saturated heterocycles. The first-order valence-corrected chi connectivity index (χ1v) is 10.4. The van der Waals surface area contributed by atoms with E-state index in [1.54, 1.807) is 0 Å². The SMILES string of the molecule is CCNC(=NCC(c1ccccc1)N(CC)CC)NCCNC(=O)C(C)(C)C. The van der Waals surface area contributed by atoms with Gasteiger partial charge < -0.3 is 16.0 Å². The molecule has 1 amide bonds. The second kappa shape index (κ2) is 12.4. The molecule has 6 heteroatoms. The number of likely N-dealkylation sites (N-methyl/N-ethyl adjacent to an activating group) is 1. The highest BCUT2D eigenvalue weighted by molar-refractivity contribution is 5.81. The number of aliphatic imine (C=N–C) groups is 1. The maximum atomic E-state index is 12.0. The molecule has 28 heavy (non-hydrogen) atoms. The van der Waals surface area contributed by atoms with Gasteiger partial charge in [0.15, 0.2) is 5.96 Å². The van der Waals surface area contributed by atoms with E-state index in [1.807, 2.05) is 26.8 Å². The third-order valence-corrected chi connectivity index (χ3v) is 4.59. The van der Waals surface area contributed by atoms with E-state index in [9.17, 15) is 4.79 Å². The van der Waals surface area contributed by atoms with Crippen molar-refractivity contribution in [3.05, 3.63) is 35.9 Å². The lowest BCUT2D eigenvalue weighted by Crippen LogP contribution is -2.44. The van der Waals surface area contributed by atoms with Crippen molar-refractivity contribution >= 4 is 11.9 Å². The van der Waals surface area contributed by atoms with Gasteiger partial charge in [-0.1, -0.05) is 65.0 Å². The van der Waals surface area contributed by atoms with Crippen molar-refractivity contribution in [2.24, 2.45) is 10.4 Å². The Balaban J connectivity index is 2.72. The lowest BCUT2D eigenvalue weighted by molar-refractivity contribution is -0.128. The molecule has 158 valence electrons. The summed E-state index contributed by atoms with van der Waals surface area (Å²) in [6.07, 6.45) is 0. The number of amides is 1. The summed E-state index contributed by atoms with van der Waals surface area (Å²) in [6.45, 7) is 16.8. The van der Waals surface area contributed by atoms with Crippen molar-refractivity contribution in [2.75, 3.05) is 39.3 Å². The van der Waals surface area contributed by atoms with Crippen molar-refractivity contribution in [3.63, 3.8) is 0 Å². The lowest BCUT2D eigenvalue weighted by Gasteiger charge is -2.29. The molecule has 0 radical (unpaired) electrons. The van der Waals surface area contributed by atoms with Gasteiger partial charge >= 0.3 is 0 Å². The topological polar surface area (TPSA) is 68.8 Å². The molecule has 0 aliphatic carbocycles. The normalized spacial score (nSPS) is 13.3. The second-order valence-electron chi connectivity index (χ2n) is 7.80. The molecule has 0 aliphatic rings. The summed E-state index contributed by atoms with van der Waals surface area (Å²) >= 11 is 0. The molecule has 1 unspecified atom stereocenters. The van der Waals surface area contributed by atoms with Crippen molar-refractivity contribution in [1.29, 1.82) is 0 Å². The van der Waals surface area contributed by atoms with Crippen LogP contribution in [0.4, 0.5) is 0 Å². The molecule has 1 atom stereocenters. The lowest BCUT2D eigenvalue weighted by atomic mass is 9.96. The van der Waals surface area contributed by atoms with Crippen LogP contribution in [0, 0.1) is 5.41 Å². The number of nitrogens with zero attached hydrogens (tertiary/aromatic N) is 2. The van der Waals surface area contributed by atoms with Crippen LogP contribution in [0.1, 0.15) is 53.1 Å². The molecule has 3 N–H and O–H groups in total. The number of rotatable bonds is 10. The quantitative estimate of drug-likeness (QED) is 0.327. The largest absolute Gasteiger partial charge is 0.357 e. The third kappa shape index (κ3) is 8.30. The summed E-state index contributed by atoms with van der Waals surface area (Å²) in [7, 11) is 0. The van der Waals surface area contributed by atoms with E-state index in [-0.39, 0.29) is 17.4 Å². The van der Waals surface area contributed by atoms with Gasteiger partial charge in [0, 0.05) is 25.0 Å². The molecule has 0 bridgehead atoms. The van der Waals surface area contributed by atoms with Crippen LogP contribution >= 0.6 is 0 Å². The third-order valence-electron chi connectivity index (χ3n) is 4.59. The van der Waals surface area contributed by atoms with Crippen molar-refractivity contribution in [2.45, 2.75) is 47.6 Å². The molecule has 1 aromatic rings. The van der Waals surface area contributed by atoms with Gasteiger partial charge in [-0.3, -0.25) is 14.7 Å². The number of hydrogen-bond donors (Lipinski definition) is 3. The average Bonchev–Trinajstić information content (AvgIpc) is 2.67. The number of guanidine groups is 1. The molecule has 6 nitrogen and oxygen atoms in total. The van der Waals surface area contributed by atoms with Gasteiger partial charge in [0.2, 0.25) is 5.91 Å². The van der Waals surface area contributed by atoms with Gasteiger partial charge in [-0.2, -0.15) is 0 Å². The van der Waals surface area contributed by atoms with Gasteiger partial charge in [0.1, 0.15) is 0 Å². The van der Waals surface area contributed by atoms with Gasteiger partial charge in [-0.15, -0.1) is 0 Å². The van der Waals surface area contributed by atoms with Gasteiger partial charge in [0.25, 0.3) is 0 Å². The summed E-state index contributed by atoms with van der Waals surface area (Å²) in [5.41, 5.74) is 0.911. The minimum Gasteiger partial charge on any atom is -0.357 e. The van der Waals surface area contributed by atoms with Crippen LogP contribution in [-0.4, -0.2) is 56.0 Å². The van der Waals surface area contributed by atoms with Crippen molar-refractivity contribution < 1.29 is 4.79 Å². The first-order valence-electron chi connectivity index (χ1n) is 10.4. The van der Waals surface area contributed by atoms with Crippen LogP contribution in [0.5, 0.6) is 0 Å². The first kappa shape index (κ1) is 24.0. The maximum absolute atomic E-state index is 12.0. The van der Waals surface area contributed by atoms with Crippen molar-refractivity contribution in [1.82, 2.24) is 20.9 Å². The molecule has 0 heterocycles. The molecule has 1 rings (SSSR count). The smallest absolute Gasteiger partial charge is 0.225 e. The Labute approximate surface area is 171 Å². The average molecular weight is 390 g/mol. The summed E-state index contributed by atoms with van der Waals surface area (Å²) in [6, 6.07) is 10.8. The Kier molecular flexibility index (Phi) is 10.6. The van der Waals surface area contributed by atoms with E-state index in [2.05, 4.69) is 65.9 Å². The molecule has 0 fully saturated rings. The predicted molar refractivity (Wildman–Crippen MR) is 119 cm³/mol. The highest BCUT2D eigenvalue weighted by Gasteiger charge is 2.20. The van der Waals surface area contributed by atoms with Gasteiger partial charge in [-0.05, 0) is 25.6 Å². The standard InChI is InChI=1S/C22H39N5O/c1-7-23-21(25-16-15-24-20(28)22(4,5)6)26-17-19(27(8-2)9-3)18-13-11-10-12-14-18/h10-14,19H,7-9,15-17H2,1-6H3,(H,24,28)(H2,23,25,26). The second-order valence-corrected chi connectivity index (χ2v) is 7.80. The van der Waals surface area contributed by atoms with Crippen LogP contribution in [0.25, 0.3) is 0 Å². The van der Waals surface area contributed by atoms with Crippen LogP contribution < -0.4 is 16.0 Å². The fraction of sp³-hybridized carbons (Fsp3) is 0.636. The molecule has 0 saturated carbocycles. The Hall–Kier alpha value is -2.08. The summed E-state index contributed by atoms with van der Waals surface area (Å²) in [4.78, 5) is 19.2. The highest BCUT2D eigenvalue weighted by atomic mass is 16.2. The zero-order chi connectivity index (χ0) is 21.0. The van der Waals surface area contributed by atoms with Crippen LogP contribution in [0.2, 0.25) is 0 Å². The van der Waals surface area contributed by atoms with E-state index < -0.39 is 0 Å². The fourth-order valence-corrected chi connectivity index (χ4v) is 2.91. The van der Waals surface area contributed by atoms with Gasteiger partial charge in [0.05, 0.1) is 12.6 Å². The molecule has 0 spiro atoms. The van der Waals surface area contributed by atoms with E-state index >= 15 is 0 Å². The Bertz CT molecular complexity index is 591. The van der Waals surface area contributed by atoms with E-state index in [1.165, 1.54) is 5.56 Å². The van der Waals surface area contributed by atoms with Crippen LogP contribution in [0.15, 0.2) is 35.3 Å². The zero-order valence-corrected chi connectivity index (χ0v) is 18.5. The minimum atomic E-state index is -0.370.